The van der Waals surface area contributed by atoms with E-state index >= 15 is 0 Å². The normalized spacial score (nSPS) is 16.0. The maximum absolute atomic E-state index is 13.2. The van der Waals surface area contributed by atoms with E-state index in [1.54, 1.807) is 56.9 Å². The molecule has 5 rings (SSSR count). The summed E-state index contributed by atoms with van der Waals surface area (Å²) in [5, 5.41) is 2.09. The van der Waals surface area contributed by atoms with Crippen LogP contribution in [0, 0.1) is 0 Å². The lowest BCUT2D eigenvalue weighted by molar-refractivity contribution is 0.0951. The molecule has 2 aliphatic heterocycles. The van der Waals surface area contributed by atoms with Crippen LogP contribution in [0.15, 0.2) is 47.5 Å². The molecule has 2 aromatic carbocycles. The van der Waals surface area contributed by atoms with E-state index in [2.05, 4.69) is 22.4 Å². The van der Waals surface area contributed by atoms with Crippen LogP contribution in [-0.4, -0.2) is 45.3 Å². The summed E-state index contributed by atoms with van der Waals surface area (Å²) in [7, 11) is 4.68. The Kier molecular flexibility index (Phi) is 6.17. The van der Waals surface area contributed by atoms with Crippen molar-refractivity contribution in [3.05, 3.63) is 69.1 Å². The Balaban J connectivity index is 1.42. The standard InChI is InChI=1S/C26H25NO6S/c1-29-21-13-23(31-3)22(30-2)11-16(21)12-24-25(28)18-6-7-20-19(26(18)33-24)14-27(15-32-20)9-8-17-5-4-10-34-17/h4-7,10-13H,8-9,14-15H2,1-3H3/b24-12-. The largest absolute Gasteiger partial charge is 0.496 e. The SMILES string of the molecule is COc1cc(OC)c(OC)cc1/C=C1\Oc2c(ccc3c2CN(CCc2cccs2)CO3)C1=O. The lowest BCUT2D eigenvalue weighted by Gasteiger charge is -2.29. The number of carbonyl (C=O) groups excluding carboxylic acids is 1. The first-order chi connectivity index (χ1) is 16.6. The second-order valence-electron chi connectivity index (χ2n) is 7.96. The van der Waals surface area contributed by atoms with E-state index < -0.39 is 0 Å². The molecule has 176 valence electrons. The number of methoxy groups -OCH3 is 3. The molecular weight excluding hydrogens is 454 g/mol. The third-order valence-electron chi connectivity index (χ3n) is 5.96. The van der Waals surface area contributed by atoms with E-state index in [1.807, 2.05) is 6.07 Å². The second kappa shape index (κ2) is 9.40. The zero-order chi connectivity index (χ0) is 23.7. The van der Waals surface area contributed by atoms with Crippen molar-refractivity contribution in [2.75, 3.05) is 34.6 Å². The maximum Gasteiger partial charge on any atom is 0.231 e. The minimum Gasteiger partial charge on any atom is -0.496 e. The molecule has 3 heterocycles. The summed E-state index contributed by atoms with van der Waals surface area (Å²) < 4.78 is 28.4. The highest BCUT2D eigenvalue weighted by molar-refractivity contribution is 7.09. The van der Waals surface area contributed by atoms with Crippen LogP contribution < -0.4 is 23.7 Å². The van der Waals surface area contributed by atoms with Crippen LogP contribution in [0.25, 0.3) is 6.08 Å². The summed E-state index contributed by atoms with van der Waals surface area (Å²) in [5.74, 6) is 2.98. The van der Waals surface area contributed by atoms with Gasteiger partial charge in [0.15, 0.2) is 17.3 Å². The van der Waals surface area contributed by atoms with Crippen LogP contribution >= 0.6 is 11.3 Å². The molecule has 0 fully saturated rings. The van der Waals surface area contributed by atoms with Crippen LogP contribution in [0.2, 0.25) is 0 Å². The fourth-order valence-electron chi connectivity index (χ4n) is 4.18. The lowest BCUT2D eigenvalue weighted by atomic mass is 10.0. The van der Waals surface area contributed by atoms with Gasteiger partial charge in [0, 0.05) is 29.6 Å². The van der Waals surface area contributed by atoms with E-state index in [1.165, 1.54) is 4.88 Å². The Bertz CT molecular complexity index is 1250. The van der Waals surface area contributed by atoms with Crippen LogP contribution in [0.3, 0.4) is 0 Å². The van der Waals surface area contributed by atoms with Gasteiger partial charge in [0.2, 0.25) is 5.78 Å². The van der Waals surface area contributed by atoms with Crippen LogP contribution in [0.1, 0.15) is 26.4 Å². The van der Waals surface area contributed by atoms with Gasteiger partial charge < -0.3 is 23.7 Å². The molecule has 8 heteroatoms. The van der Waals surface area contributed by atoms with Gasteiger partial charge in [-0.3, -0.25) is 9.69 Å². The van der Waals surface area contributed by atoms with Gasteiger partial charge in [-0.05, 0) is 42.1 Å². The molecule has 0 amide bonds. The van der Waals surface area contributed by atoms with Gasteiger partial charge in [0.25, 0.3) is 0 Å². The minimum absolute atomic E-state index is 0.176. The summed E-state index contributed by atoms with van der Waals surface area (Å²) in [5.41, 5.74) is 2.08. The number of nitrogens with zero attached hydrogens (tertiary/aromatic N) is 1. The molecular formula is C26H25NO6S. The number of ketones is 1. The average Bonchev–Trinajstić information content (AvgIpc) is 3.50. The molecule has 3 aromatic rings. The molecule has 7 nitrogen and oxygen atoms in total. The smallest absolute Gasteiger partial charge is 0.231 e. The topological polar surface area (TPSA) is 66.5 Å². The summed E-state index contributed by atoms with van der Waals surface area (Å²) in [6.07, 6.45) is 2.63. The predicted octanol–water partition coefficient (Wildman–Crippen LogP) is 4.78. The number of allylic oxidation sites excluding steroid dienone is 1. The molecule has 0 unspecified atom stereocenters. The van der Waals surface area contributed by atoms with Crippen LogP contribution in [0.4, 0.5) is 0 Å². The van der Waals surface area contributed by atoms with Crippen LogP contribution in [-0.2, 0) is 13.0 Å². The second-order valence-corrected chi connectivity index (χ2v) is 9.00. The Morgan fingerprint density at radius 3 is 2.59 bits per heavy atom. The van der Waals surface area contributed by atoms with Gasteiger partial charge in [-0.25, -0.2) is 0 Å². The van der Waals surface area contributed by atoms with Crippen molar-refractivity contribution >= 4 is 23.2 Å². The van der Waals surface area contributed by atoms with Crippen molar-refractivity contribution in [3.63, 3.8) is 0 Å². The number of thiophene rings is 1. The van der Waals surface area contributed by atoms with E-state index in [9.17, 15) is 4.79 Å². The third kappa shape index (κ3) is 4.10. The first-order valence-electron chi connectivity index (χ1n) is 10.9. The molecule has 0 saturated carbocycles. The summed E-state index contributed by atoms with van der Waals surface area (Å²) in [6.45, 7) is 2.03. The van der Waals surface area contributed by atoms with Crippen molar-refractivity contribution in [2.45, 2.75) is 13.0 Å². The first kappa shape index (κ1) is 22.3. The third-order valence-corrected chi connectivity index (χ3v) is 6.90. The lowest BCUT2D eigenvalue weighted by Crippen LogP contribution is -2.33. The average molecular weight is 480 g/mol. The Labute approximate surface area is 202 Å². The van der Waals surface area contributed by atoms with Gasteiger partial charge in [-0.2, -0.15) is 0 Å². The summed E-state index contributed by atoms with van der Waals surface area (Å²) in [4.78, 5) is 16.7. The maximum atomic E-state index is 13.2. The van der Waals surface area contributed by atoms with Gasteiger partial charge in [-0.1, -0.05) is 6.07 Å². The fraction of sp³-hybridized carbons (Fsp3) is 0.269. The molecule has 1 aromatic heterocycles. The molecule has 0 saturated heterocycles. The first-order valence-corrected chi connectivity index (χ1v) is 11.8. The highest BCUT2D eigenvalue weighted by atomic mass is 32.1. The minimum atomic E-state index is -0.176. The zero-order valence-corrected chi connectivity index (χ0v) is 20.1. The quantitative estimate of drug-likeness (QED) is 0.452. The molecule has 0 spiro atoms. The van der Waals surface area contributed by atoms with Crippen molar-refractivity contribution in [3.8, 4) is 28.7 Å². The number of benzene rings is 2. The van der Waals surface area contributed by atoms with Gasteiger partial charge >= 0.3 is 0 Å². The van der Waals surface area contributed by atoms with Gasteiger partial charge in [-0.15, -0.1) is 11.3 Å². The molecule has 0 N–H and O–H groups in total. The molecule has 0 aliphatic carbocycles. The van der Waals surface area contributed by atoms with Crippen molar-refractivity contribution in [2.24, 2.45) is 0 Å². The molecule has 34 heavy (non-hydrogen) atoms. The number of Topliss-reactive ketones (excluding diaryl/α,β-unsaturated/α-hetero) is 1. The molecule has 0 radical (unpaired) electrons. The van der Waals surface area contributed by atoms with E-state index in [-0.39, 0.29) is 11.5 Å². The van der Waals surface area contributed by atoms with E-state index in [0.29, 0.717) is 47.4 Å². The predicted molar refractivity (Wildman–Crippen MR) is 129 cm³/mol. The highest BCUT2D eigenvalue weighted by Gasteiger charge is 2.34. The highest BCUT2D eigenvalue weighted by Crippen LogP contribution is 2.43. The molecule has 0 bridgehead atoms. The summed E-state index contributed by atoms with van der Waals surface area (Å²) >= 11 is 1.76. The van der Waals surface area contributed by atoms with Crippen molar-refractivity contribution in [1.29, 1.82) is 0 Å². The Morgan fingerprint density at radius 2 is 1.85 bits per heavy atom. The number of fused-ring (bicyclic) bond motifs is 3. The van der Waals surface area contributed by atoms with Crippen molar-refractivity contribution in [1.82, 2.24) is 4.90 Å². The van der Waals surface area contributed by atoms with Gasteiger partial charge in [0.05, 0.1) is 32.5 Å². The number of rotatable bonds is 7. The Hall–Kier alpha value is -3.49. The van der Waals surface area contributed by atoms with E-state index in [0.717, 1.165) is 24.3 Å². The Morgan fingerprint density at radius 1 is 1.06 bits per heavy atom. The number of hydrogen-bond acceptors (Lipinski definition) is 8. The number of hydrogen-bond donors (Lipinski definition) is 0. The number of carbonyl (C=O) groups is 1. The van der Waals surface area contributed by atoms with E-state index in [4.69, 9.17) is 23.7 Å². The monoisotopic (exact) mass is 479 g/mol. The van der Waals surface area contributed by atoms with Crippen molar-refractivity contribution < 1.29 is 28.5 Å². The van der Waals surface area contributed by atoms with Crippen LogP contribution in [0.5, 0.6) is 28.7 Å². The zero-order valence-electron chi connectivity index (χ0n) is 19.3. The fourth-order valence-corrected chi connectivity index (χ4v) is 4.88. The number of ether oxygens (including phenoxy) is 5. The molecule has 2 aliphatic rings. The molecule has 0 atom stereocenters. The summed E-state index contributed by atoms with van der Waals surface area (Å²) in [6, 6.07) is 11.3. The van der Waals surface area contributed by atoms with Gasteiger partial charge in [0.1, 0.15) is 24.0 Å².